The molecular weight excluding hydrogens is 224 g/mol. The largest absolute Gasteiger partial charge is 0.372 e. The summed E-state index contributed by atoms with van der Waals surface area (Å²) in [5.74, 6) is 0. The highest BCUT2D eigenvalue weighted by Gasteiger charge is 2.27. The second kappa shape index (κ2) is 5.29. The number of nitrogens with two attached hydrogens (primary N) is 1. The zero-order valence-corrected chi connectivity index (χ0v) is 11.6. The SMILES string of the molecule is CC(N)Cc1ccc(N2CCOC(C)(C)C2)cc1. The molecular formula is C15H24N2O. The van der Waals surface area contributed by atoms with Gasteiger partial charge in [-0.2, -0.15) is 0 Å². The Morgan fingerprint density at radius 2 is 2.00 bits per heavy atom. The van der Waals surface area contributed by atoms with E-state index in [1.807, 2.05) is 6.92 Å². The van der Waals surface area contributed by atoms with Gasteiger partial charge in [0, 0.05) is 24.8 Å². The lowest BCUT2D eigenvalue weighted by Gasteiger charge is -2.39. The molecule has 0 bridgehead atoms. The zero-order valence-electron chi connectivity index (χ0n) is 11.6. The molecule has 0 amide bonds. The molecule has 1 aliphatic rings. The minimum absolute atomic E-state index is 0.0529. The van der Waals surface area contributed by atoms with Gasteiger partial charge in [-0.15, -0.1) is 0 Å². The average Bonchev–Trinajstić information content (AvgIpc) is 2.28. The van der Waals surface area contributed by atoms with Gasteiger partial charge in [-0.1, -0.05) is 12.1 Å². The molecule has 18 heavy (non-hydrogen) atoms. The van der Waals surface area contributed by atoms with Gasteiger partial charge in [0.05, 0.1) is 12.2 Å². The maximum absolute atomic E-state index is 5.81. The van der Waals surface area contributed by atoms with E-state index in [1.165, 1.54) is 11.3 Å². The van der Waals surface area contributed by atoms with Gasteiger partial charge in [-0.05, 0) is 44.9 Å². The zero-order chi connectivity index (χ0) is 13.2. The Hall–Kier alpha value is -1.06. The molecule has 1 saturated heterocycles. The molecule has 0 spiro atoms. The van der Waals surface area contributed by atoms with Crippen LogP contribution in [-0.2, 0) is 11.2 Å². The predicted molar refractivity (Wildman–Crippen MR) is 76.0 cm³/mol. The van der Waals surface area contributed by atoms with Crippen molar-refractivity contribution in [2.24, 2.45) is 5.73 Å². The molecule has 1 aliphatic heterocycles. The van der Waals surface area contributed by atoms with Gasteiger partial charge in [0.2, 0.25) is 0 Å². The van der Waals surface area contributed by atoms with Crippen molar-refractivity contribution in [3.63, 3.8) is 0 Å². The van der Waals surface area contributed by atoms with E-state index in [1.54, 1.807) is 0 Å². The van der Waals surface area contributed by atoms with Gasteiger partial charge in [0.1, 0.15) is 0 Å². The summed E-state index contributed by atoms with van der Waals surface area (Å²) < 4.78 is 5.74. The van der Waals surface area contributed by atoms with E-state index in [2.05, 4.69) is 43.0 Å². The molecule has 1 fully saturated rings. The van der Waals surface area contributed by atoms with Gasteiger partial charge in [0.15, 0.2) is 0 Å². The molecule has 1 unspecified atom stereocenters. The summed E-state index contributed by atoms with van der Waals surface area (Å²) >= 11 is 0. The van der Waals surface area contributed by atoms with Crippen LogP contribution in [0.15, 0.2) is 24.3 Å². The number of morpholine rings is 1. The molecule has 0 saturated carbocycles. The van der Waals surface area contributed by atoms with Crippen LogP contribution in [0.25, 0.3) is 0 Å². The maximum atomic E-state index is 5.81. The quantitative estimate of drug-likeness (QED) is 0.891. The minimum Gasteiger partial charge on any atom is -0.372 e. The van der Waals surface area contributed by atoms with Gasteiger partial charge in [-0.25, -0.2) is 0 Å². The van der Waals surface area contributed by atoms with E-state index < -0.39 is 0 Å². The van der Waals surface area contributed by atoms with Crippen molar-refractivity contribution < 1.29 is 4.74 Å². The van der Waals surface area contributed by atoms with Crippen LogP contribution in [-0.4, -0.2) is 31.3 Å². The fraction of sp³-hybridized carbons (Fsp3) is 0.600. The highest BCUT2D eigenvalue weighted by Crippen LogP contribution is 2.23. The summed E-state index contributed by atoms with van der Waals surface area (Å²) in [6.45, 7) is 9.04. The average molecular weight is 248 g/mol. The Bertz CT molecular complexity index is 384. The first-order valence-corrected chi connectivity index (χ1v) is 6.70. The molecule has 1 aromatic rings. The second-order valence-electron chi connectivity index (χ2n) is 5.88. The topological polar surface area (TPSA) is 38.5 Å². The fourth-order valence-electron chi connectivity index (χ4n) is 2.45. The lowest BCUT2D eigenvalue weighted by atomic mass is 10.0. The molecule has 2 rings (SSSR count). The van der Waals surface area contributed by atoms with Crippen LogP contribution in [0, 0.1) is 0 Å². The van der Waals surface area contributed by atoms with E-state index in [0.717, 1.165) is 26.1 Å². The highest BCUT2D eigenvalue weighted by atomic mass is 16.5. The van der Waals surface area contributed by atoms with Crippen LogP contribution in [0.1, 0.15) is 26.3 Å². The lowest BCUT2D eigenvalue weighted by Crippen LogP contribution is -2.48. The summed E-state index contributed by atoms with van der Waals surface area (Å²) in [7, 11) is 0. The summed E-state index contributed by atoms with van der Waals surface area (Å²) in [4.78, 5) is 2.39. The number of benzene rings is 1. The Labute approximate surface area is 110 Å². The van der Waals surface area contributed by atoms with E-state index in [4.69, 9.17) is 10.5 Å². The molecule has 0 aliphatic carbocycles. The van der Waals surface area contributed by atoms with Crippen molar-refractivity contribution in [1.29, 1.82) is 0 Å². The molecule has 100 valence electrons. The molecule has 2 N–H and O–H groups in total. The molecule has 3 nitrogen and oxygen atoms in total. The van der Waals surface area contributed by atoms with E-state index >= 15 is 0 Å². The molecule has 1 atom stereocenters. The molecule has 3 heteroatoms. The van der Waals surface area contributed by atoms with Crippen molar-refractivity contribution in [3.8, 4) is 0 Å². The van der Waals surface area contributed by atoms with Crippen LogP contribution in [0.2, 0.25) is 0 Å². The summed E-state index contributed by atoms with van der Waals surface area (Å²) in [6.07, 6.45) is 0.939. The van der Waals surface area contributed by atoms with Crippen molar-refractivity contribution in [3.05, 3.63) is 29.8 Å². The van der Waals surface area contributed by atoms with Crippen molar-refractivity contribution in [2.75, 3.05) is 24.6 Å². The summed E-state index contributed by atoms with van der Waals surface area (Å²) in [5, 5.41) is 0. The van der Waals surface area contributed by atoms with Gasteiger partial charge >= 0.3 is 0 Å². The number of hydrogen-bond acceptors (Lipinski definition) is 3. The monoisotopic (exact) mass is 248 g/mol. The summed E-state index contributed by atoms with van der Waals surface area (Å²) in [6, 6.07) is 8.97. The number of rotatable bonds is 3. The Morgan fingerprint density at radius 1 is 1.33 bits per heavy atom. The summed E-state index contributed by atoms with van der Waals surface area (Å²) in [5.41, 5.74) is 8.35. The first-order valence-electron chi connectivity index (χ1n) is 6.70. The van der Waals surface area contributed by atoms with Gasteiger partial charge < -0.3 is 15.4 Å². The first kappa shape index (κ1) is 13.4. The van der Waals surface area contributed by atoms with E-state index in [-0.39, 0.29) is 11.6 Å². The third kappa shape index (κ3) is 3.47. The highest BCUT2D eigenvalue weighted by molar-refractivity contribution is 5.48. The van der Waals surface area contributed by atoms with Crippen LogP contribution >= 0.6 is 0 Å². The van der Waals surface area contributed by atoms with Gasteiger partial charge in [-0.3, -0.25) is 0 Å². The van der Waals surface area contributed by atoms with Crippen molar-refractivity contribution in [2.45, 2.75) is 38.8 Å². The molecule has 0 aromatic heterocycles. The third-order valence-corrected chi connectivity index (χ3v) is 3.28. The Morgan fingerprint density at radius 3 is 2.56 bits per heavy atom. The van der Waals surface area contributed by atoms with Crippen molar-refractivity contribution in [1.82, 2.24) is 0 Å². The fourth-order valence-corrected chi connectivity index (χ4v) is 2.45. The van der Waals surface area contributed by atoms with Crippen LogP contribution in [0.4, 0.5) is 5.69 Å². The maximum Gasteiger partial charge on any atom is 0.0801 e. The number of hydrogen-bond donors (Lipinski definition) is 1. The second-order valence-corrected chi connectivity index (χ2v) is 5.88. The number of anilines is 1. The van der Waals surface area contributed by atoms with Crippen LogP contribution < -0.4 is 10.6 Å². The van der Waals surface area contributed by atoms with E-state index in [0.29, 0.717) is 0 Å². The van der Waals surface area contributed by atoms with Crippen molar-refractivity contribution >= 4 is 5.69 Å². The molecule has 1 heterocycles. The van der Waals surface area contributed by atoms with Gasteiger partial charge in [0.25, 0.3) is 0 Å². The van der Waals surface area contributed by atoms with Crippen LogP contribution in [0.3, 0.4) is 0 Å². The number of ether oxygens (including phenoxy) is 1. The number of nitrogens with zero attached hydrogens (tertiary/aromatic N) is 1. The Balaban J connectivity index is 2.05. The Kier molecular flexibility index (Phi) is 3.93. The smallest absolute Gasteiger partial charge is 0.0801 e. The minimum atomic E-state index is -0.0529. The molecule has 0 radical (unpaired) electrons. The predicted octanol–water partition coefficient (Wildman–Crippen LogP) is 2.19. The standard InChI is InChI=1S/C15H24N2O/c1-12(16)10-13-4-6-14(7-5-13)17-8-9-18-15(2,3)11-17/h4-7,12H,8-11,16H2,1-3H3. The third-order valence-electron chi connectivity index (χ3n) is 3.28. The first-order chi connectivity index (χ1) is 8.46. The van der Waals surface area contributed by atoms with Crippen LogP contribution in [0.5, 0.6) is 0 Å². The van der Waals surface area contributed by atoms with E-state index in [9.17, 15) is 0 Å². The molecule has 1 aromatic carbocycles. The lowest BCUT2D eigenvalue weighted by molar-refractivity contribution is -0.0276. The normalized spacial score (nSPS) is 20.8.